The molecule has 0 unspecified atom stereocenters. The molecule has 20 heavy (non-hydrogen) atoms. The van der Waals surface area contributed by atoms with Crippen molar-refractivity contribution in [3.63, 3.8) is 0 Å². The minimum absolute atomic E-state index is 0.0418. The molecule has 0 aliphatic rings. The number of nitrogens with zero attached hydrogens (tertiary/aromatic N) is 3. The number of nitrogens with one attached hydrogen (secondary N) is 1. The number of nitrogen functional groups attached to an aromatic ring is 1. The monoisotopic (exact) mass is 289 g/mol. The van der Waals surface area contributed by atoms with Crippen molar-refractivity contribution in [3.8, 4) is 0 Å². The highest BCUT2D eigenvalue weighted by molar-refractivity contribution is 6.30. The van der Waals surface area contributed by atoms with Gasteiger partial charge in [0.2, 0.25) is 0 Å². The lowest BCUT2D eigenvalue weighted by molar-refractivity contribution is 0.0950. The predicted molar refractivity (Wildman–Crippen MR) is 77.6 cm³/mol. The molecule has 6 nitrogen and oxygen atoms in total. The highest BCUT2D eigenvalue weighted by Gasteiger charge is 2.11. The van der Waals surface area contributed by atoms with Gasteiger partial charge in [-0.1, -0.05) is 23.7 Å². The number of hydrogen-bond acceptors (Lipinski definition) is 5. The van der Waals surface area contributed by atoms with Crippen LogP contribution in [-0.4, -0.2) is 21.6 Å². The molecule has 0 atom stereocenters. The van der Waals surface area contributed by atoms with E-state index in [2.05, 4.69) is 20.5 Å². The average Bonchev–Trinajstić information content (AvgIpc) is 2.45. The van der Waals surface area contributed by atoms with E-state index in [9.17, 15) is 4.79 Å². The van der Waals surface area contributed by atoms with Gasteiger partial charge in [0.05, 0.1) is 5.71 Å². The fraction of sp³-hybridized carbons (Fsp3) is 0.0769. The molecule has 1 amide bonds. The van der Waals surface area contributed by atoms with Gasteiger partial charge in [-0.05, 0) is 24.6 Å². The maximum atomic E-state index is 11.8. The number of carbonyl (C=O) groups is 1. The van der Waals surface area contributed by atoms with Gasteiger partial charge in [-0.25, -0.2) is 15.4 Å². The number of rotatable bonds is 3. The van der Waals surface area contributed by atoms with Crippen LogP contribution in [0.4, 0.5) is 5.82 Å². The van der Waals surface area contributed by atoms with Gasteiger partial charge in [-0.2, -0.15) is 5.10 Å². The SMILES string of the molecule is C/C(=N\NC(=O)c1nccnc1N)c1ccc(Cl)cc1. The Morgan fingerprint density at radius 3 is 2.55 bits per heavy atom. The normalized spacial score (nSPS) is 11.2. The minimum Gasteiger partial charge on any atom is -0.382 e. The maximum absolute atomic E-state index is 11.8. The second-order valence-electron chi connectivity index (χ2n) is 3.94. The number of hydrogen-bond donors (Lipinski definition) is 2. The summed E-state index contributed by atoms with van der Waals surface area (Å²) >= 11 is 5.80. The van der Waals surface area contributed by atoms with Gasteiger partial charge in [0, 0.05) is 17.4 Å². The van der Waals surface area contributed by atoms with E-state index in [4.69, 9.17) is 17.3 Å². The summed E-state index contributed by atoms with van der Waals surface area (Å²) in [5.41, 5.74) is 9.47. The Balaban J connectivity index is 2.11. The molecule has 0 aliphatic carbocycles. The Labute approximate surface area is 120 Å². The fourth-order valence-electron chi connectivity index (χ4n) is 1.47. The lowest BCUT2D eigenvalue weighted by Crippen LogP contribution is -2.22. The summed E-state index contributed by atoms with van der Waals surface area (Å²) in [6.07, 6.45) is 2.80. The number of anilines is 1. The van der Waals surface area contributed by atoms with Gasteiger partial charge >= 0.3 is 0 Å². The van der Waals surface area contributed by atoms with Crippen molar-refractivity contribution >= 4 is 29.0 Å². The molecule has 3 N–H and O–H groups in total. The quantitative estimate of drug-likeness (QED) is 0.666. The number of hydrazone groups is 1. The van der Waals surface area contributed by atoms with Crippen LogP contribution in [0.25, 0.3) is 0 Å². The topological polar surface area (TPSA) is 93.3 Å². The number of amides is 1. The molecule has 0 fully saturated rings. The smallest absolute Gasteiger partial charge is 0.293 e. The van der Waals surface area contributed by atoms with E-state index in [1.807, 2.05) is 12.1 Å². The van der Waals surface area contributed by atoms with E-state index in [0.29, 0.717) is 10.7 Å². The van der Waals surface area contributed by atoms with E-state index in [0.717, 1.165) is 5.56 Å². The highest BCUT2D eigenvalue weighted by Crippen LogP contribution is 2.10. The van der Waals surface area contributed by atoms with Crippen molar-refractivity contribution in [3.05, 3.63) is 52.9 Å². The molecule has 0 saturated heterocycles. The molecule has 2 aromatic rings. The maximum Gasteiger partial charge on any atom is 0.293 e. The average molecular weight is 290 g/mol. The summed E-state index contributed by atoms with van der Waals surface area (Å²) in [7, 11) is 0. The summed E-state index contributed by atoms with van der Waals surface area (Å²) < 4.78 is 0. The number of carbonyl (C=O) groups excluding carboxylic acids is 1. The molecule has 0 radical (unpaired) electrons. The van der Waals surface area contributed by atoms with E-state index in [1.54, 1.807) is 19.1 Å². The zero-order valence-electron chi connectivity index (χ0n) is 10.7. The second kappa shape index (κ2) is 6.12. The Morgan fingerprint density at radius 1 is 1.25 bits per heavy atom. The van der Waals surface area contributed by atoms with Crippen LogP contribution >= 0.6 is 11.6 Å². The Hall–Kier alpha value is -2.47. The van der Waals surface area contributed by atoms with Crippen LogP contribution < -0.4 is 11.2 Å². The van der Waals surface area contributed by atoms with Crippen LogP contribution in [0.1, 0.15) is 23.0 Å². The first kappa shape index (κ1) is 14.0. The van der Waals surface area contributed by atoms with Crippen molar-refractivity contribution in [2.24, 2.45) is 5.10 Å². The zero-order valence-corrected chi connectivity index (χ0v) is 11.4. The first-order chi connectivity index (χ1) is 9.58. The molecule has 1 aromatic carbocycles. The van der Waals surface area contributed by atoms with Crippen molar-refractivity contribution in [1.82, 2.24) is 15.4 Å². The third-order valence-corrected chi connectivity index (χ3v) is 2.78. The van der Waals surface area contributed by atoms with Gasteiger partial charge in [-0.3, -0.25) is 4.79 Å². The zero-order chi connectivity index (χ0) is 14.5. The van der Waals surface area contributed by atoms with Crippen LogP contribution in [0.3, 0.4) is 0 Å². The number of nitrogens with two attached hydrogens (primary N) is 1. The molecule has 0 aliphatic heterocycles. The van der Waals surface area contributed by atoms with Crippen molar-refractivity contribution in [1.29, 1.82) is 0 Å². The molecular weight excluding hydrogens is 278 g/mol. The largest absolute Gasteiger partial charge is 0.382 e. The highest BCUT2D eigenvalue weighted by atomic mass is 35.5. The first-order valence-corrected chi connectivity index (χ1v) is 6.13. The molecular formula is C13H12ClN5O. The Bertz CT molecular complexity index is 654. The third kappa shape index (κ3) is 3.30. The van der Waals surface area contributed by atoms with Crippen molar-refractivity contribution in [2.75, 3.05) is 5.73 Å². The molecule has 102 valence electrons. The number of halogens is 1. The van der Waals surface area contributed by atoms with Crippen molar-refractivity contribution < 1.29 is 4.79 Å². The lowest BCUT2D eigenvalue weighted by Gasteiger charge is -2.04. The van der Waals surface area contributed by atoms with Crippen molar-refractivity contribution in [2.45, 2.75) is 6.92 Å². The van der Waals surface area contributed by atoms with Crippen LogP contribution in [-0.2, 0) is 0 Å². The second-order valence-corrected chi connectivity index (χ2v) is 4.37. The van der Waals surface area contributed by atoms with Crippen LogP contribution in [0.5, 0.6) is 0 Å². The van der Waals surface area contributed by atoms with Crippen LogP contribution in [0.15, 0.2) is 41.8 Å². The fourth-order valence-corrected chi connectivity index (χ4v) is 1.59. The van der Waals surface area contributed by atoms with E-state index in [-0.39, 0.29) is 11.5 Å². The summed E-state index contributed by atoms with van der Waals surface area (Å²) in [4.78, 5) is 19.5. The summed E-state index contributed by atoms with van der Waals surface area (Å²) in [5.74, 6) is -0.451. The third-order valence-electron chi connectivity index (χ3n) is 2.53. The summed E-state index contributed by atoms with van der Waals surface area (Å²) in [6.45, 7) is 1.77. The van der Waals surface area contributed by atoms with Gasteiger partial charge in [-0.15, -0.1) is 0 Å². The molecule has 0 spiro atoms. The van der Waals surface area contributed by atoms with E-state index in [1.165, 1.54) is 12.4 Å². The molecule has 7 heteroatoms. The van der Waals surface area contributed by atoms with E-state index < -0.39 is 5.91 Å². The van der Waals surface area contributed by atoms with Gasteiger partial charge in [0.1, 0.15) is 0 Å². The van der Waals surface area contributed by atoms with Crippen LogP contribution in [0.2, 0.25) is 5.02 Å². The van der Waals surface area contributed by atoms with E-state index >= 15 is 0 Å². The molecule has 0 saturated carbocycles. The predicted octanol–water partition coefficient (Wildman–Crippen LogP) is 1.87. The lowest BCUT2D eigenvalue weighted by atomic mass is 10.1. The summed E-state index contributed by atoms with van der Waals surface area (Å²) in [5, 5.41) is 4.63. The standard InChI is InChI=1S/C13H12ClN5O/c1-8(9-2-4-10(14)5-3-9)18-19-13(20)11-12(15)17-7-6-16-11/h2-7H,1H3,(H2,15,17)(H,19,20)/b18-8+. The Morgan fingerprint density at radius 2 is 1.90 bits per heavy atom. The minimum atomic E-state index is -0.510. The van der Waals surface area contributed by atoms with Gasteiger partial charge < -0.3 is 5.73 Å². The first-order valence-electron chi connectivity index (χ1n) is 5.75. The van der Waals surface area contributed by atoms with Crippen LogP contribution in [0, 0.1) is 0 Å². The Kier molecular flexibility index (Phi) is 4.27. The summed E-state index contributed by atoms with van der Waals surface area (Å²) in [6, 6.07) is 7.12. The molecule has 0 bridgehead atoms. The number of aromatic nitrogens is 2. The molecule has 1 aromatic heterocycles. The molecule has 1 heterocycles. The van der Waals surface area contributed by atoms with Gasteiger partial charge in [0.15, 0.2) is 11.5 Å². The molecule has 2 rings (SSSR count). The van der Waals surface area contributed by atoms with Gasteiger partial charge in [0.25, 0.3) is 5.91 Å². The number of benzene rings is 1.